The highest BCUT2D eigenvalue weighted by atomic mass is 32.1. The van der Waals surface area contributed by atoms with Gasteiger partial charge in [0.1, 0.15) is 0 Å². The molecule has 0 radical (unpaired) electrons. The normalized spacial score (nSPS) is 16.5. The van der Waals surface area contributed by atoms with Crippen molar-refractivity contribution in [2.75, 3.05) is 0 Å². The van der Waals surface area contributed by atoms with E-state index >= 15 is 0 Å². The molecule has 0 aromatic rings. The summed E-state index contributed by atoms with van der Waals surface area (Å²) in [5.41, 5.74) is 0.184. The van der Waals surface area contributed by atoms with Crippen LogP contribution in [0.4, 0.5) is 0 Å². The molecule has 0 heterocycles. The van der Waals surface area contributed by atoms with Crippen LogP contribution < -0.4 is 0 Å². The van der Waals surface area contributed by atoms with Gasteiger partial charge in [-0.3, -0.25) is 0 Å². The predicted molar refractivity (Wildman–Crippen MR) is 50.1 cm³/mol. The van der Waals surface area contributed by atoms with E-state index in [0.29, 0.717) is 9.73 Å². The summed E-state index contributed by atoms with van der Waals surface area (Å²) in [5, 5.41) is 8.52. The Morgan fingerprint density at radius 1 is 1.27 bits per heavy atom. The van der Waals surface area contributed by atoms with Crippen LogP contribution in [0.25, 0.3) is 0 Å². The lowest BCUT2D eigenvalue weighted by Gasteiger charge is -2.02. The number of rotatable bonds is 1. The molecule has 1 aliphatic carbocycles. The Hall–Kier alpha value is -0.870. The van der Waals surface area contributed by atoms with Crippen LogP contribution in [0.5, 0.6) is 0 Å². The minimum Gasteiger partial charge on any atom is -0.478 e. The third kappa shape index (κ3) is 1.78. The van der Waals surface area contributed by atoms with Gasteiger partial charge in [-0.25, -0.2) is 4.79 Å². The third-order valence-corrected chi connectivity index (χ3v) is 2.01. The van der Waals surface area contributed by atoms with Crippen molar-refractivity contribution in [2.45, 2.75) is 0 Å². The average Bonchev–Trinajstić information content (AvgIpc) is 1.94. The van der Waals surface area contributed by atoms with E-state index < -0.39 is 5.97 Å². The number of carboxylic acid groups (broad SMARTS) is 1. The Morgan fingerprint density at radius 2 is 1.91 bits per heavy atom. The van der Waals surface area contributed by atoms with Crippen LogP contribution in [0.1, 0.15) is 0 Å². The lowest BCUT2D eigenvalue weighted by Crippen LogP contribution is -2.11. The summed E-state index contributed by atoms with van der Waals surface area (Å²) >= 11 is 9.59. The van der Waals surface area contributed by atoms with Crippen LogP contribution in [-0.2, 0) is 4.79 Å². The lowest BCUT2D eigenvalue weighted by molar-refractivity contribution is -0.132. The number of allylic oxidation sites excluding steroid dienone is 2. The molecular weight excluding hydrogens is 180 g/mol. The lowest BCUT2D eigenvalue weighted by atomic mass is 10.1. The van der Waals surface area contributed by atoms with Gasteiger partial charge in [-0.15, -0.1) is 0 Å². The molecule has 1 rings (SSSR count). The highest BCUT2D eigenvalue weighted by molar-refractivity contribution is 7.90. The Bertz CT molecular complexity index is 300. The third-order valence-electron chi connectivity index (χ3n) is 1.19. The van der Waals surface area contributed by atoms with Crippen LogP contribution >= 0.6 is 24.4 Å². The zero-order valence-electron chi connectivity index (χ0n) is 5.40. The molecule has 0 spiro atoms. The molecule has 0 aromatic heterocycles. The maximum atomic E-state index is 10.4. The summed E-state index contributed by atoms with van der Waals surface area (Å²) in [7, 11) is 0. The molecule has 0 fully saturated rings. The van der Waals surface area contributed by atoms with Gasteiger partial charge in [-0.1, -0.05) is 24.4 Å². The minimum absolute atomic E-state index is 0.184. The molecule has 0 aromatic carbocycles. The van der Waals surface area contributed by atoms with E-state index in [-0.39, 0.29) is 5.57 Å². The van der Waals surface area contributed by atoms with Gasteiger partial charge in [0.15, 0.2) is 0 Å². The van der Waals surface area contributed by atoms with Crippen molar-refractivity contribution in [3.63, 3.8) is 0 Å². The zero-order valence-corrected chi connectivity index (χ0v) is 7.04. The number of carbonyl (C=O) groups is 1. The first-order valence-corrected chi connectivity index (χ1v) is 3.64. The van der Waals surface area contributed by atoms with E-state index in [4.69, 9.17) is 29.5 Å². The van der Waals surface area contributed by atoms with Crippen LogP contribution in [0.2, 0.25) is 0 Å². The van der Waals surface area contributed by atoms with Crippen molar-refractivity contribution in [2.24, 2.45) is 0 Å². The topological polar surface area (TPSA) is 37.3 Å². The maximum Gasteiger partial charge on any atom is 0.335 e. The molecule has 0 saturated carbocycles. The van der Waals surface area contributed by atoms with Crippen molar-refractivity contribution in [1.29, 1.82) is 0 Å². The number of thiocarbonyl (C=S) groups is 2. The monoisotopic (exact) mass is 184 g/mol. The standard InChI is InChI=1S/C7H4O2S2/c8-7(9)4-1-2-5(10)6(11)3-4/h1-3H,(H,8,9). The van der Waals surface area contributed by atoms with Gasteiger partial charge < -0.3 is 5.11 Å². The Labute approximate surface area is 74.2 Å². The summed E-state index contributed by atoms with van der Waals surface area (Å²) in [6.45, 7) is 0. The Morgan fingerprint density at radius 3 is 2.36 bits per heavy atom. The van der Waals surface area contributed by atoms with Crippen molar-refractivity contribution in [3.05, 3.63) is 23.8 Å². The van der Waals surface area contributed by atoms with Crippen molar-refractivity contribution >= 4 is 40.1 Å². The second-order valence-electron chi connectivity index (χ2n) is 1.97. The fraction of sp³-hybridized carbons (Fsp3) is 0. The van der Waals surface area contributed by atoms with Gasteiger partial charge in [-0.2, -0.15) is 0 Å². The fourth-order valence-electron chi connectivity index (χ4n) is 0.641. The van der Waals surface area contributed by atoms with E-state index in [1.807, 2.05) is 0 Å². The van der Waals surface area contributed by atoms with Gasteiger partial charge in [-0.05, 0) is 18.2 Å². The first kappa shape index (κ1) is 8.23. The Kier molecular flexibility index (Phi) is 2.26. The molecule has 4 heteroatoms. The number of hydrogen-bond donors (Lipinski definition) is 1. The second kappa shape index (κ2) is 3.02. The molecule has 56 valence electrons. The number of hydrogen-bond acceptors (Lipinski definition) is 3. The maximum absolute atomic E-state index is 10.4. The molecule has 1 N–H and O–H groups in total. The molecule has 0 unspecified atom stereocenters. The van der Waals surface area contributed by atoms with Crippen LogP contribution in [0, 0.1) is 0 Å². The van der Waals surface area contributed by atoms with Crippen molar-refractivity contribution in [1.82, 2.24) is 0 Å². The fourth-order valence-corrected chi connectivity index (χ4v) is 0.963. The molecule has 0 saturated heterocycles. The number of carboxylic acids is 1. The Balaban J connectivity index is 2.98. The minimum atomic E-state index is -0.980. The van der Waals surface area contributed by atoms with Gasteiger partial charge >= 0.3 is 5.97 Å². The molecule has 0 bridgehead atoms. The van der Waals surface area contributed by atoms with Gasteiger partial charge in [0.25, 0.3) is 0 Å². The van der Waals surface area contributed by atoms with E-state index in [1.165, 1.54) is 18.2 Å². The molecule has 2 nitrogen and oxygen atoms in total. The summed E-state index contributed by atoms with van der Waals surface area (Å²) < 4.78 is 0. The van der Waals surface area contributed by atoms with E-state index in [1.54, 1.807) is 0 Å². The van der Waals surface area contributed by atoms with Crippen molar-refractivity contribution < 1.29 is 9.90 Å². The summed E-state index contributed by atoms with van der Waals surface area (Å²) in [5.74, 6) is -0.980. The zero-order chi connectivity index (χ0) is 8.43. The number of aliphatic carboxylic acids is 1. The average molecular weight is 184 g/mol. The highest BCUT2D eigenvalue weighted by Gasteiger charge is 2.10. The second-order valence-corrected chi connectivity index (χ2v) is 2.85. The van der Waals surface area contributed by atoms with Crippen LogP contribution in [-0.4, -0.2) is 20.8 Å². The SMILES string of the molecule is O=C(O)C1=CC(=S)C(=S)C=C1. The largest absolute Gasteiger partial charge is 0.478 e. The van der Waals surface area contributed by atoms with Gasteiger partial charge in [0.05, 0.1) is 15.3 Å². The predicted octanol–water partition coefficient (Wildman–Crippen LogP) is 1.31. The molecule has 0 amide bonds. The first-order valence-electron chi connectivity index (χ1n) is 2.82. The first-order chi connectivity index (χ1) is 5.11. The van der Waals surface area contributed by atoms with E-state index in [0.717, 1.165) is 0 Å². The molecule has 0 atom stereocenters. The summed E-state index contributed by atoms with van der Waals surface area (Å²) in [6.07, 6.45) is 4.36. The molecular formula is C7H4O2S2. The van der Waals surface area contributed by atoms with E-state index in [2.05, 4.69) is 0 Å². The van der Waals surface area contributed by atoms with E-state index in [9.17, 15) is 4.79 Å². The van der Waals surface area contributed by atoms with Gasteiger partial charge in [0.2, 0.25) is 0 Å². The van der Waals surface area contributed by atoms with Crippen molar-refractivity contribution in [3.8, 4) is 0 Å². The van der Waals surface area contributed by atoms with Gasteiger partial charge in [0, 0.05) is 0 Å². The molecule has 1 aliphatic rings. The quantitative estimate of drug-likeness (QED) is 0.623. The van der Waals surface area contributed by atoms with Crippen LogP contribution in [0.3, 0.4) is 0 Å². The highest BCUT2D eigenvalue weighted by Crippen LogP contribution is 2.06. The smallest absolute Gasteiger partial charge is 0.335 e. The summed E-state index contributed by atoms with van der Waals surface area (Å²) in [4.78, 5) is 11.3. The molecule has 0 aliphatic heterocycles. The molecule has 11 heavy (non-hydrogen) atoms. The summed E-state index contributed by atoms with van der Waals surface area (Å²) in [6, 6.07) is 0. The van der Waals surface area contributed by atoms with Crippen LogP contribution in [0.15, 0.2) is 23.8 Å².